The van der Waals surface area contributed by atoms with Gasteiger partial charge in [0.25, 0.3) is 5.91 Å². The van der Waals surface area contributed by atoms with E-state index in [1.165, 1.54) is 0 Å². The number of hydrogen-bond acceptors (Lipinski definition) is 5. The smallest absolute Gasteiger partial charge is 0.343 e. The first-order valence-electron chi connectivity index (χ1n) is 9.44. The van der Waals surface area contributed by atoms with Crippen molar-refractivity contribution in [3.05, 3.63) is 52.5 Å². The summed E-state index contributed by atoms with van der Waals surface area (Å²) in [6.07, 6.45) is 0. The third-order valence-electron chi connectivity index (χ3n) is 4.39. The maximum absolute atomic E-state index is 12.4. The Kier molecular flexibility index (Phi) is 6.27. The van der Waals surface area contributed by atoms with Crippen LogP contribution in [-0.4, -0.2) is 28.3 Å². The number of carbonyl (C=O) groups is 2. The van der Waals surface area contributed by atoms with Crippen molar-refractivity contribution in [1.29, 1.82) is 0 Å². The lowest BCUT2D eigenvalue weighted by molar-refractivity contribution is -0.125. The van der Waals surface area contributed by atoms with Gasteiger partial charge >= 0.3 is 5.97 Å². The highest BCUT2D eigenvalue weighted by Crippen LogP contribution is 2.24. The fourth-order valence-corrected chi connectivity index (χ4v) is 3.35. The number of benzene rings is 1. The van der Waals surface area contributed by atoms with Crippen molar-refractivity contribution in [3.63, 3.8) is 0 Å². The highest BCUT2D eigenvalue weighted by Gasteiger charge is 2.23. The van der Waals surface area contributed by atoms with Crippen LogP contribution < -0.4 is 5.32 Å². The van der Waals surface area contributed by atoms with Gasteiger partial charge in [0.1, 0.15) is 22.1 Å². The first kappa shape index (κ1) is 20.9. The zero-order valence-electron chi connectivity index (χ0n) is 16.9. The molecule has 0 aliphatic carbocycles. The summed E-state index contributed by atoms with van der Waals surface area (Å²) in [6.45, 7) is 7.70. The number of rotatable bonds is 7. The minimum absolute atomic E-state index is 0.186. The zero-order chi connectivity index (χ0) is 21.1. The van der Waals surface area contributed by atoms with Crippen molar-refractivity contribution in [2.24, 2.45) is 5.92 Å². The Hall–Kier alpha value is -2.80. The maximum Gasteiger partial charge on any atom is 0.343 e. The van der Waals surface area contributed by atoms with Gasteiger partial charge in [-0.1, -0.05) is 43.6 Å². The Morgan fingerprint density at radius 2 is 2.00 bits per heavy atom. The van der Waals surface area contributed by atoms with Gasteiger partial charge < -0.3 is 14.5 Å². The summed E-state index contributed by atoms with van der Waals surface area (Å²) in [7, 11) is 0. The van der Waals surface area contributed by atoms with E-state index in [2.05, 4.69) is 10.4 Å². The van der Waals surface area contributed by atoms with E-state index in [0.717, 1.165) is 11.0 Å². The van der Waals surface area contributed by atoms with Gasteiger partial charge in [-0.2, -0.15) is 5.10 Å². The Labute approximate surface area is 174 Å². The van der Waals surface area contributed by atoms with Crippen molar-refractivity contribution in [2.75, 3.05) is 6.61 Å². The van der Waals surface area contributed by atoms with E-state index in [9.17, 15) is 9.59 Å². The number of furan rings is 1. The van der Waals surface area contributed by atoms with Crippen molar-refractivity contribution in [2.45, 2.75) is 40.3 Å². The molecule has 0 unspecified atom stereocenters. The molecule has 1 atom stereocenters. The number of nitrogens with zero attached hydrogens (tertiary/aromatic N) is 2. The number of ether oxygens (including phenoxy) is 1. The summed E-state index contributed by atoms with van der Waals surface area (Å²) in [5.41, 5.74) is 1.40. The second-order valence-electron chi connectivity index (χ2n) is 7.38. The number of halogens is 1. The Balaban J connectivity index is 1.59. The highest BCUT2D eigenvalue weighted by atomic mass is 35.5. The first-order valence-corrected chi connectivity index (χ1v) is 9.82. The fraction of sp³-hybridized carbons (Fsp3) is 0.381. The molecule has 0 saturated heterocycles. The van der Waals surface area contributed by atoms with Crippen molar-refractivity contribution in [3.8, 4) is 0 Å². The SMILES string of the molecule is Cc1nn(CC(C)C)c(Cl)c1C(=O)OCC(=O)N[C@H](C)c1cc2ccccc2o1. The summed E-state index contributed by atoms with van der Waals surface area (Å²) in [4.78, 5) is 24.6. The number of para-hydroxylation sites is 1. The molecule has 3 rings (SSSR count). The topological polar surface area (TPSA) is 86.4 Å². The highest BCUT2D eigenvalue weighted by molar-refractivity contribution is 6.32. The predicted molar refractivity (Wildman–Crippen MR) is 110 cm³/mol. The molecule has 2 heterocycles. The molecule has 1 aromatic carbocycles. The molecule has 2 aromatic heterocycles. The lowest BCUT2D eigenvalue weighted by Crippen LogP contribution is -2.31. The van der Waals surface area contributed by atoms with Crippen molar-refractivity contribution >= 4 is 34.4 Å². The Morgan fingerprint density at radius 3 is 2.69 bits per heavy atom. The summed E-state index contributed by atoms with van der Waals surface area (Å²) >= 11 is 6.27. The summed E-state index contributed by atoms with van der Waals surface area (Å²) in [6, 6.07) is 9.10. The molecule has 154 valence electrons. The average molecular weight is 418 g/mol. The minimum Gasteiger partial charge on any atom is -0.459 e. The van der Waals surface area contributed by atoms with E-state index in [0.29, 0.717) is 23.9 Å². The summed E-state index contributed by atoms with van der Waals surface area (Å²) in [5, 5.41) is 8.22. The summed E-state index contributed by atoms with van der Waals surface area (Å²) < 4.78 is 12.5. The molecule has 29 heavy (non-hydrogen) atoms. The predicted octanol–water partition coefficient (Wildman–Crippen LogP) is 4.28. The molecule has 0 aliphatic heterocycles. The van der Waals surface area contributed by atoms with Gasteiger partial charge in [-0.25, -0.2) is 4.79 Å². The molecule has 0 radical (unpaired) electrons. The third-order valence-corrected chi connectivity index (χ3v) is 4.77. The number of fused-ring (bicyclic) bond motifs is 1. The van der Waals surface area contributed by atoms with Gasteiger partial charge in [0.15, 0.2) is 6.61 Å². The van der Waals surface area contributed by atoms with E-state index in [1.807, 2.05) is 44.2 Å². The van der Waals surface area contributed by atoms with Crippen LogP contribution in [0.2, 0.25) is 5.15 Å². The van der Waals surface area contributed by atoms with Crippen LogP contribution >= 0.6 is 11.6 Å². The molecular weight excluding hydrogens is 394 g/mol. The van der Waals surface area contributed by atoms with Crippen LogP contribution in [0.3, 0.4) is 0 Å². The van der Waals surface area contributed by atoms with Crippen LogP contribution in [0.15, 0.2) is 34.7 Å². The van der Waals surface area contributed by atoms with Crippen LogP contribution in [-0.2, 0) is 16.1 Å². The third kappa shape index (κ3) is 4.79. The molecule has 0 fully saturated rings. The lowest BCUT2D eigenvalue weighted by atomic mass is 10.2. The molecule has 7 nitrogen and oxygen atoms in total. The van der Waals surface area contributed by atoms with Gasteiger partial charge in [-0.05, 0) is 31.9 Å². The monoisotopic (exact) mass is 417 g/mol. The number of esters is 1. The van der Waals surface area contributed by atoms with E-state index in [4.69, 9.17) is 20.8 Å². The van der Waals surface area contributed by atoms with Gasteiger partial charge in [0.2, 0.25) is 0 Å². The molecule has 3 aromatic rings. The molecule has 8 heteroatoms. The van der Waals surface area contributed by atoms with Crippen LogP contribution in [0.25, 0.3) is 11.0 Å². The second kappa shape index (κ2) is 8.69. The van der Waals surface area contributed by atoms with Gasteiger partial charge in [-0.15, -0.1) is 0 Å². The van der Waals surface area contributed by atoms with Crippen molar-refractivity contribution < 1.29 is 18.7 Å². The summed E-state index contributed by atoms with van der Waals surface area (Å²) in [5.74, 6) is -0.162. The quantitative estimate of drug-likeness (QED) is 0.580. The molecule has 0 aliphatic rings. The molecule has 0 bridgehead atoms. The molecule has 0 saturated carbocycles. The number of hydrogen-bond donors (Lipinski definition) is 1. The first-order chi connectivity index (χ1) is 13.8. The van der Waals surface area contributed by atoms with E-state index in [1.54, 1.807) is 18.5 Å². The van der Waals surface area contributed by atoms with Gasteiger partial charge in [0, 0.05) is 11.9 Å². The van der Waals surface area contributed by atoms with E-state index < -0.39 is 18.5 Å². The number of aromatic nitrogens is 2. The largest absolute Gasteiger partial charge is 0.459 e. The number of nitrogens with one attached hydrogen (secondary N) is 1. The standard InChI is InChI=1S/C21H24ClN3O4/c1-12(2)10-25-20(22)19(14(4)24-25)21(27)28-11-18(26)23-13(3)17-9-15-7-5-6-8-16(15)29-17/h5-9,12-13H,10-11H2,1-4H3,(H,23,26)/t13-/m1/s1. The van der Waals surface area contributed by atoms with Gasteiger partial charge in [-0.3, -0.25) is 9.48 Å². The average Bonchev–Trinajstić information content (AvgIpc) is 3.20. The fourth-order valence-electron chi connectivity index (χ4n) is 3.03. The van der Waals surface area contributed by atoms with Crippen LogP contribution in [0, 0.1) is 12.8 Å². The number of aryl methyl sites for hydroxylation is 1. The van der Waals surface area contributed by atoms with Crippen LogP contribution in [0.5, 0.6) is 0 Å². The van der Waals surface area contributed by atoms with Crippen LogP contribution in [0.1, 0.15) is 48.6 Å². The number of amides is 1. The maximum atomic E-state index is 12.4. The zero-order valence-corrected chi connectivity index (χ0v) is 17.6. The molecule has 1 N–H and O–H groups in total. The lowest BCUT2D eigenvalue weighted by Gasteiger charge is -2.11. The normalized spacial score (nSPS) is 12.3. The minimum atomic E-state index is -0.672. The van der Waals surface area contributed by atoms with E-state index >= 15 is 0 Å². The molecular formula is C21H24ClN3O4. The number of carbonyl (C=O) groups excluding carboxylic acids is 2. The van der Waals surface area contributed by atoms with Crippen molar-refractivity contribution in [1.82, 2.24) is 15.1 Å². The Bertz CT molecular complexity index is 1000. The second-order valence-corrected chi connectivity index (χ2v) is 7.74. The van der Waals surface area contributed by atoms with E-state index in [-0.39, 0.29) is 16.8 Å². The van der Waals surface area contributed by atoms with Crippen LogP contribution in [0.4, 0.5) is 0 Å². The molecule has 0 spiro atoms. The Morgan fingerprint density at radius 1 is 1.28 bits per heavy atom. The van der Waals surface area contributed by atoms with Gasteiger partial charge in [0.05, 0.1) is 11.7 Å². The molecule has 1 amide bonds.